The molecule has 0 aliphatic heterocycles. The van der Waals surface area contributed by atoms with Crippen molar-refractivity contribution in [2.75, 3.05) is 12.3 Å². The Bertz CT molecular complexity index is 560. The third kappa shape index (κ3) is 4.14. The van der Waals surface area contributed by atoms with Crippen LogP contribution in [0.5, 0.6) is 0 Å². The quantitative estimate of drug-likeness (QED) is 0.779. The number of hydrogen-bond acceptors (Lipinski definition) is 4. The van der Waals surface area contributed by atoms with Crippen LogP contribution in [0.3, 0.4) is 0 Å². The molecule has 1 atom stereocenters. The first-order chi connectivity index (χ1) is 8.88. The Morgan fingerprint density at radius 1 is 1.47 bits per heavy atom. The van der Waals surface area contributed by atoms with Gasteiger partial charge in [0.25, 0.3) is 0 Å². The lowest BCUT2D eigenvalue weighted by Gasteiger charge is -2.12. The number of sulfone groups is 1. The predicted octanol–water partition coefficient (Wildman–Crippen LogP) is 1.37. The van der Waals surface area contributed by atoms with Crippen molar-refractivity contribution in [2.24, 2.45) is 0 Å². The van der Waals surface area contributed by atoms with Crippen LogP contribution in [0.25, 0.3) is 0 Å². The van der Waals surface area contributed by atoms with E-state index in [4.69, 9.17) is 11.6 Å². The molecule has 106 valence electrons. The molecule has 0 amide bonds. The van der Waals surface area contributed by atoms with Gasteiger partial charge in [-0.15, -0.1) is 0 Å². The Kier molecular flexibility index (Phi) is 4.45. The van der Waals surface area contributed by atoms with Gasteiger partial charge in [-0.3, -0.25) is 0 Å². The predicted molar refractivity (Wildman–Crippen MR) is 70.5 cm³/mol. The summed E-state index contributed by atoms with van der Waals surface area (Å²) in [6, 6.07) is 3.62. The summed E-state index contributed by atoms with van der Waals surface area (Å²) in [6.07, 6.45) is 1.13. The van der Waals surface area contributed by atoms with Crippen molar-refractivity contribution in [1.29, 1.82) is 0 Å². The van der Waals surface area contributed by atoms with Crippen molar-refractivity contribution < 1.29 is 17.9 Å². The van der Waals surface area contributed by atoms with Crippen LogP contribution in [0.1, 0.15) is 12.8 Å². The fourth-order valence-corrected chi connectivity index (χ4v) is 3.30. The van der Waals surface area contributed by atoms with E-state index in [0.29, 0.717) is 6.04 Å². The molecule has 0 saturated heterocycles. The van der Waals surface area contributed by atoms with Gasteiger partial charge in [0, 0.05) is 12.6 Å². The molecule has 1 saturated carbocycles. The highest BCUT2D eigenvalue weighted by atomic mass is 35.5. The lowest BCUT2D eigenvalue weighted by molar-refractivity contribution is 0.193. The summed E-state index contributed by atoms with van der Waals surface area (Å²) in [7, 11) is -3.67. The number of aliphatic hydroxyl groups excluding tert-OH is 1. The first-order valence-corrected chi connectivity index (χ1v) is 8.01. The zero-order valence-electron chi connectivity index (χ0n) is 10.1. The molecule has 1 aliphatic carbocycles. The summed E-state index contributed by atoms with van der Waals surface area (Å²) in [5.41, 5.74) is 0. The van der Waals surface area contributed by atoms with E-state index in [1.165, 1.54) is 0 Å². The van der Waals surface area contributed by atoms with Gasteiger partial charge in [-0.25, -0.2) is 12.8 Å². The van der Waals surface area contributed by atoms with E-state index in [9.17, 15) is 17.9 Å². The molecule has 0 aromatic heterocycles. The third-order valence-electron chi connectivity index (χ3n) is 2.88. The van der Waals surface area contributed by atoms with Crippen molar-refractivity contribution in [3.8, 4) is 0 Å². The number of hydrogen-bond donors (Lipinski definition) is 2. The van der Waals surface area contributed by atoms with Crippen molar-refractivity contribution >= 4 is 21.4 Å². The summed E-state index contributed by atoms with van der Waals surface area (Å²) in [5.74, 6) is -1.08. The highest BCUT2D eigenvalue weighted by Gasteiger charge is 2.24. The molecule has 1 aromatic rings. The summed E-state index contributed by atoms with van der Waals surface area (Å²) in [4.78, 5) is -0.0793. The van der Waals surface area contributed by atoms with E-state index < -0.39 is 27.5 Å². The van der Waals surface area contributed by atoms with Crippen LogP contribution in [0.15, 0.2) is 23.1 Å². The summed E-state index contributed by atoms with van der Waals surface area (Å²) in [5, 5.41) is 12.5. The molecule has 7 heteroatoms. The Labute approximate surface area is 116 Å². The van der Waals surface area contributed by atoms with Gasteiger partial charge in [0.15, 0.2) is 9.84 Å². The topological polar surface area (TPSA) is 66.4 Å². The molecule has 2 rings (SSSR count). The number of rotatable bonds is 6. The summed E-state index contributed by atoms with van der Waals surface area (Å²) < 4.78 is 37.0. The van der Waals surface area contributed by atoms with Crippen LogP contribution in [-0.4, -0.2) is 38.0 Å². The van der Waals surface area contributed by atoms with Gasteiger partial charge in [-0.2, -0.15) is 0 Å². The van der Waals surface area contributed by atoms with E-state index in [1.807, 2.05) is 0 Å². The molecule has 1 aromatic carbocycles. The van der Waals surface area contributed by atoms with E-state index in [0.717, 1.165) is 31.0 Å². The Balaban J connectivity index is 2.01. The van der Waals surface area contributed by atoms with E-state index in [2.05, 4.69) is 5.32 Å². The van der Waals surface area contributed by atoms with Crippen molar-refractivity contribution in [3.05, 3.63) is 29.0 Å². The average molecular weight is 308 g/mol. The second-order valence-corrected chi connectivity index (χ2v) is 7.14. The van der Waals surface area contributed by atoms with Gasteiger partial charge in [0.2, 0.25) is 0 Å². The molecule has 1 unspecified atom stereocenters. The molecule has 1 fully saturated rings. The largest absolute Gasteiger partial charge is 0.391 e. The summed E-state index contributed by atoms with van der Waals surface area (Å²) in [6.45, 7) is 0.235. The van der Waals surface area contributed by atoms with Gasteiger partial charge < -0.3 is 10.4 Å². The van der Waals surface area contributed by atoms with Crippen LogP contribution in [0.2, 0.25) is 5.02 Å². The monoisotopic (exact) mass is 307 g/mol. The molecule has 19 heavy (non-hydrogen) atoms. The first kappa shape index (κ1) is 14.7. The van der Waals surface area contributed by atoms with Crippen molar-refractivity contribution in [3.63, 3.8) is 0 Å². The van der Waals surface area contributed by atoms with Crippen LogP contribution < -0.4 is 5.32 Å². The molecule has 4 nitrogen and oxygen atoms in total. The fourth-order valence-electron chi connectivity index (χ4n) is 1.67. The zero-order valence-corrected chi connectivity index (χ0v) is 11.7. The van der Waals surface area contributed by atoms with Crippen LogP contribution in [0, 0.1) is 5.82 Å². The third-order valence-corrected chi connectivity index (χ3v) is 4.97. The Morgan fingerprint density at radius 2 is 2.16 bits per heavy atom. The van der Waals surface area contributed by atoms with E-state index >= 15 is 0 Å². The molecular formula is C12H15ClFNO3S. The van der Waals surface area contributed by atoms with Gasteiger partial charge in [-0.1, -0.05) is 11.6 Å². The lowest BCUT2D eigenvalue weighted by Crippen LogP contribution is -2.33. The summed E-state index contributed by atoms with van der Waals surface area (Å²) >= 11 is 5.55. The highest BCUT2D eigenvalue weighted by molar-refractivity contribution is 7.91. The lowest BCUT2D eigenvalue weighted by atomic mass is 10.3. The molecular weight excluding hydrogens is 293 g/mol. The van der Waals surface area contributed by atoms with Gasteiger partial charge in [0.1, 0.15) is 5.82 Å². The number of halogens is 2. The normalized spacial score (nSPS) is 17.4. The zero-order chi connectivity index (χ0) is 14.0. The minimum atomic E-state index is -3.67. The number of benzene rings is 1. The van der Waals surface area contributed by atoms with Gasteiger partial charge >= 0.3 is 0 Å². The molecule has 2 N–H and O–H groups in total. The van der Waals surface area contributed by atoms with Crippen molar-refractivity contribution in [1.82, 2.24) is 5.32 Å². The van der Waals surface area contributed by atoms with Crippen LogP contribution >= 0.6 is 11.6 Å². The molecule has 1 aliphatic rings. The minimum absolute atomic E-state index is 0.0793. The van der Waals surface area contributed by atoms with E-state index in [-0.39, 0.29) is 16.5 Å². The van der Waals surface area contributed by atoms with Crippen LogP contribution in [-0.2, 0) is 9.84 Å². The first-order valence-electron chi connectivity index (χ1n) is 5.98. The van der Waals surface area contributed by atoms with Crippen LogP contribution in [0.4, 0.5) is 4.39 Å². The highest BCUT2D eigenvalue weighted by Crippen LogP contribution is 2.21. The number of nitrogens with one attached hydrogen (secondary N) is 1. The fraction of sp³-hybridized carbons (Fsp3) is 0.500. The number of aliphatic hydroxyl groups is 1. The second kappa shape index (κ2) is 5.75. The minimum Gasteiger partial charge on any atom is -0.391 e. The SMILES string of the molecule is O=S(=O)(CC(O)CNC1CC1)c1ccc(F)c(Cl)c1. The maximum atomic E-state index is 13.0. The second-order valence-electron chi connectivity index (χ2n) is 4.69. The molecule has 0 spiro atoms. The Morgan fingerprint density at radius 3 is 2.74 bits per heavy atom. The van der Waals surface area contributed by atoms with Crippen molar-refractivity contribution in [2.45, 2.75) is 29.9 Å². The average Bonchev–Trinajstić information content (AvgIpc) is 3.13. The van der Waals surface area contributed by atoms with Gasteiger partial charge in [-0.05, 0) is 31.0 Å². The standard InChI is InChI=1S/C12H15ClFNO3S/c13-11-5-10(3-4-12(11)14)19(17,18)7-9(16)6-15-8-1-2-8/h3-5,8-9,15-16H,1-2,6-7H2. The maximum absolute atomic E-state index is 13.0. The smallest absolute Gasteiger partial charge is 0.181 e. The molecule has 0 heterocycles. The molecule has 0 bridgehead atoms. The maximum Gasteiger partial charge on any atom is 0.181 e. The van der Waals surface area contributed by atoms with E-state index in [1.54, 1.807) is 0 Å². The Hall–Kier alpha value is -0.690. The van der Waals surface area contributed by atoms with Gasteiger partial charge in [0.05, 0.1) is 21.8 Å². The molecule has 0 radical (unpaired) electrons.